The first kappa shape index (κ1) is 14.3. The van der Waals surface area contributed by atoms with E-state index < -0.39 is 6.10 Å². The summed E-state index contributed by atoms with van der Waals surface area (Å²) in [4.78, 5) is 2.24. The molecule has 5 nitrogen and oxygen atoms in total. The summed E-state index contributed by atoms with van der Waals surface area (Å²) in [5.74, 6) is 0. The molecule has 2 aromatic rings. The molecule has 0 amide bonds. The van der Waals surface area contributed by atoms with E-state index in [-0.39, 0.29) is 0 Å². The van der Waals surface area contributed by atoms with Gasteiger partial charge in [-0.2, -0.15) is 5.10 Å². The number of nitrogens with zero attached hydrogens (tertiary/aromatic N) is 3. The summed E-state index contributed by atoms with van der Waals surface area (Å²) >= 11 is 0. The van der Waals surface area contributed by atoms with Crippen LogP contribution in [0.25, 0.3) is 11.1 Å². The third-order valence-electron chi connectivity index (χ3n) is 3.87. The maximum absolute atomic E-state index is 10.3. The molecular formula is C16H21N3O2. The molecule has 0 spiro atoms. The lowest BCUT2D eigenvalue weighted by atomic mass is 10.0. The van der Waals surface area contributed by atoms with E-state index in [0.29, 0.717) is 6.54 Å². The van der Waals surface area contributed by atoms with E-state index in [1.807, 2.05) is 43.7 Å². The maximum Gasteiger partial charge on any atom is 0.0916 e. The number of aliphatic hydroxyl groups excluding tert-OH is 1. The molecule has 1 saturated heterocycles. The number of aromatic nitrogens is 2. The van der Waals surface area contributed by atoms with Crippen LogP contribution >= 0.6 is 0 Å². The Balaban J connectivity index is 1.65. The third kappa shape index (κ3) is 3.50. The second-order valence-electron chi connectivity index (χ2n) is 5.45. The average molecular weight is 287 g/mol. The summed E-state index contributed by atoms with van der Waals surface area (Å²) in [6.07, 6.45) is 3.38. The van der Waals surface area contributed by atoms with Gasteiger partial charge in [-0.05, 0) is 11.1 Å². The normalized spacial score (nSPS) is 17.8. The fourth-order valence-corrected chi connectivity index (χ4v) is 2.60. The topological polar surface area (TPSA) is 50.5 Å². The number of hydrogen-bond acceptors (Lipinski definition) is 4. The summed E-state index contributed by atoms with van der Waals surface area (Å²) in [7, 11) is 1.91. The van der Waals surface area contributed by atoms with Crippen molar-refractivity contribution in [2.75, 3.05) is 32.8 Å². The van der Waals surface area contributed by atoms with Crippen molar-refractivity contribution in [1.29, 1.82) is 0 Å². The maximum atomic E-state index is 10.3. The number of morpholine rings is 1. The predicted molar refractivity (Wildman–Crippen MR) is 80.9 cm³/mol. The van der Waals surface area contributed by atoms with Crippen molar-refractivity contribution in [2.24, 2.45) is 7.05 Å². The quantitative estimate of drug-likeness (QED) is 0.925. The second-order valence-corrected chi connectivity index (χ2v) is 5.45. The highest BCUT2D eigenvalue weighted by Gasteiger charge is 2.16. The molecule has 0 bridgehead atoms. The van der Waals surface area contributed by atoms with Gasteiger partial charge in [-0.3, -0.25) is 9.58 Å². The molecule has 0 saturated carbocycles. The van der Waals surface area contributed by atoms with Crippen molar-refractivity contribution < 1.29 is 9.84 Å². The van der Waals surface area contributed by atoms with Gasteiger partial charge in [-0.25, -0.2) is 0 Å². The lowest BCUT2D eigenvalue weighted by Crippen LogP contribution is -2.38. The number of ether oxygens (including phenoxy) is 1. The Hall–Kier alpha value is -1.69. The molecule has 3 rings (SSSR count). The molecule has 0 unspecified atom stereocenters. The van der Waals surface area contributed by atoms with Gasteiger partial charge in [0, 0.05) is 38.4 Å². The van der Waals surface area contributed by atoms with Crippen LogP contribution in [0.1, 0.15) is 11.7 Å². The zero-order valence-corrected chi connectivity index (χ0v) is 12.3. The molecule has 1 aliphatic rings. The van der Waals surface area contributed by atoms with Gasteiger partial charge in [0.05, 0.1) is 25.5 Å². The van der Waals surface area contributed by atoms with Crippen LogP contribution in [-0.2, 0) is 11.8 Å². The largest absolute Gasteiger partial charge is 0.387 e. The minimum atomic E-state index is -0.453. The molecule has 1 fully saturated rings. The van der Waals surface area contributed by atoms with Crippen molar-refractivity contribution >= 4 is 0 Å². The fourth-order valence-electron chi connectivity index (χ4n) is 2.60. The molecular weight excluding hydrogens is 266 g/mol. The van der Waals surface area contributed by atoms with Gasteiger partial charge >= 0.3 is 0 Å². The molecule has 1 aliphatic heterocycles. The van der Waals surface area contributed by atoms with E-state index >= 15 is 0 Å². The molecule has 1 N–H and O–H groups in total. The number of benzene rings is 1. The molecule has 0 radical (unpaired) electrons. The van der Waals surface area contributed by atoms with E-state index in [0.717, 1.165) is 43.0 Å². The van der Waals surface area contributed by atoms with Gasteiger partial charge in [0.1, 0.15) is 0 Å². The van der Waals surface area contributed by atoms with Crippen molar-refractivity contribution in [3.05, 3.63) is 42.2 Å². The first-order valence-corrected chi connectivity index (χ1v) is 7.29. The smallest absolute Gasteiger partial charge is 0.0916 e. The summed E-state index contributed by atoms with van der Waals surface area (Å²) in [5.41, 5.74) is 3.16. The van der Waals surface area contributed by atoms with Crippen molar-refractivity contribution in [3.63, 3.8) is 0 Å². The van der Waals surface area contributed by atoms with Crippen LogP contribution in [0, 0.1) is 0 Å². The van der Waals surface area contributed by atoms with Gasteiger partial charge in [0.2, 0.25) is 0 Å². The standard InChI is InChI=1S/C16H21N3O2/c1-18-11-15(10-17-18)13-2-4-14(5-3-13)16(20)12-19-6-8-21-9-7-19/h2-5,10-11,16,20H,6-9,12H2,1H3/t16-/m0/s1. The number of β-amino-alcohol motifs (C(OH)–C–C–N with tert-alkyl or cyclic N) is 1. The molecule has 1 aromatic carbocycles. The first-order valence-electron chi connectivity index (χ1n) is 7.29. The van der Waals surface area contributed by atoms with Crippen LogP contribution in [0.15, 0.2) is 36.7 Å². The molecule has 1 atom stereocenters. The molecule has 2 heterocycles. The van der Waals surface area contributed by atoms with Crippen molar-refractivity contribution in [3.8, 4) is 11.1 Å². The van der Waals surface area contributed by atoms with Crippen LogP contribution in [0.2, 0.25) is 0 Å². The Labute approximate surface area is 124 Å². The fraction of sp³-hybridized carbons (Fsp3) is 0.438. The Morgan fingerprint density at radius 2 is 1.90 bits per heavy atom. The number of aliphatic hydroxyl groups is 1. The monoisotopic (exact) mass is 287 g/mol. The number of hydrogen-bond donors (Lipinski definition) is 1. The first-order chi connectivity index (χ1) is 10.2. The van der Waals surface area contributed by atoms with E-state index in [1.165, 1.54) is 0 Å². The van der Waals surface area contributed by atoms with Gasteiger partial charge in [-0.1, -0.05) is 24.3 Å². The molecule has 1 aromatic heterocycles. The molecule has 5 heteroatoms. The molecule has 0 aliphatic carbocycles. The zero-order chi connectivity index (χ0) is 14.7. The third-order valence-corrected chi connectivity index (χ3v) is 3.87. The highest BCUT2D eigenvalue weighted by molar-refractivity contribution is 5.61. The van der Waals surface area contributed by atoms with Crippen LogP contribution in [0.3, 0.4) is 0 Å². The minimum Gasteiger partial charge on any atom is -0.387 e. The lowest BCUT2D eigenvalue weighted by Gasteiger charge is -2.28. The van der Waals surface area contributed by atoms with E-state index in [2.05, 4.69) is 10.00 Å². The SMILES string of the molecule is Cn1cc(-c2ccc([C@@H](O)CN3CCOCC3)cc2)cn1. The van der Waals surface area contributed by atoms with Gasteiger partial charge in [0.25, 0.3) is 0 Å². The predicted octanol–water partition coefficient (Wildman–Crippen LogP) is 1.45. The summed E-state index contributed by atoms with van der Waals surface area (Å²) in [5, 5.41) is 14.5. The number of rotatable bonds is 4. The summed E-state index contributed by atoms with van der Waals surface area (Å²) in [6, 6.07) is 8.06. The van der Waals surface area contributed by atoms with E-state index in [4.69, 9.17) is 4.74 Å². The summed E-state index contributed by atoms with van der Waals surface area (Å²) in [6.45, 7) is 3.96. The summed E-state index contributed by atoms with van der Waals surface area (Å²) < 4.78 is 7.11. The Morgan fingerprint density at radius 1 is 1.19 bits per heavy atom. The van der Waals surface area contributed by atoms with E-state index in [9.17, 15) is 5.11 Å². The Morgan fingerprint density at radius 3 is 2.52 bits per heavy atom. The highest BCUT2D eigenvalue weighted by atomic mass is 16.5. The van der Waals surface area contributed by atoms with Crippen LogP contribution < -0.4 is 0 Å². The van der Waals surface area contributed by atoms with Crippen molar-refractivity contribution in [1.82, 2.24) is 14.7 Å². The van der Waals surface area contributed by atoms with Crippen LogP contribution in [-0.4, -0.2) is 52.6 Å². The van der Waals surface area contributed by atoms with Gasteiger partial charge in [-0.15, -0.1) is 0 Å². The van der Waals surface area contributed by atoms with E-state index in [1.54, 1.807) is 4.68 Å². The Bertz CT molecular complexity index is 573. The van der Waals surface area contributed by atoms with Crippen LogP contribution in [0.5, 0.6) is 0 Å². The zero-order valence-electron chi connectivity index (χ0n) is 12.3. The highest BCUT2D eigenvalue weighted by Crippen LogP contribution is 2.22. The van der Waals surface area contributed by atoms with Crippen molar-refractivity contribution in [2.45, 2.75) is 6.10 Å². The molecule has 21 heavy (non-hydrogen) atoms. The lowest BCUT2D eigenvalue weighted by molar-refractivity contribution is 0.0143. The second kappa shape index (κ2) is 6.39. The minimum absolute atomic E-state index is 0.453. The van der Waals surface area contributed by atoms with Crippen LogP contribution in [0.4, 0.5) is 0 Å². The Kier molecular flexibility index (Phi) is 4.34. The van der Waals surface area contributed by atoms with Gasteiger partial charge < -0.3 is 9.84 Å². The number of aryl methyl sites for hydroxylation is 1. The molecule has 112 valence electrons. The average Bonchev–Trinajstić information content (AvgIpc) is 2.95. The van der Waals surface area contributed by atoms with Gasteiger partial charge in [0.15, 0.2) is 0 Å².